The molecule has 1 aromatic rings. The van der Waals surface area contributed by atoms with Crippen molar-refractivity contribution in [3.63, 3.8) is 0 Å². The lowest BCUT2D eigenvalue weighted by molar-refractivity contribution is -0.140. The zero-order valence-electron chi connectivity index (χ0n) is 17.2. The van der Waals surface area contributed by atoms with Gasteiger partial charge in [0.1, 0.15) is 0 Å². The largest absolute Gasteiger partial charge is 0.469 e. The van der Waals surface area contributed by atoms with Crippen LogP contribution in [0.25, 0.3) is 0 Å². The summed E-state index contributed by atoms with van der Waals surface area (Å²) in [5.74, 6) is -0.999. The molecule has 7 heteroatoms. The van der Waals surface area contributed by atoms with E-state index < -0.39 is 11.5 Å². The Hall–Kier alpha value is -2.41. The average Bonchev–Trinajstić information content (AvgIpc) is 2.74. The summed E-state index contributed by atoms with van der Waals surface area (Å²) in [5.41, 5.74) is 0.800. The zero-order chi connectivity index (χ0) is 20.9. The SMILES string of the molecule is COCCN1C(=O)c2ccccc2C(C(=O)NCCC(=O)OC)C12CCCCC2. The standard InChI is InChI=1S/C22H30N2O5/c1-28-15-14-24-21(27)17-9-5-4-8-16(17)19(22(24)11-6-3-7-12-22)20(26)23-13-10-18(25)29-2/h4-5,8-9,19H,3,6-7,10-15H2,1-2H3,(H,23,26). The van der Waals surface area contributed by atoms with E-state index in [-0.39, 0.29) is 30.7 Å². The van der Waals surface area contributed by atoms with Gasteiger partial charge in [-0.15, -0.1) is 0 Å². The molecule has 29 heavy (non-hydrogen) atoms. The summed E-state index contributed by atoms with van der Waals surface area (Å²) in [4.78, 5) is 40.1. The molecule has 1 fully saturated rings. The van der Waals surface area contributed by atoms with Crippen LogP contribution < -0.4 is 5.32 Å². The number of hydrogen-bond donors (Lipinski definition) is 1. The molecule has 7 nitrogen and oxygen atoms in total. The van der Waals surface area contributed by atoms with E-state index in [9.17, 15) is 14.4 Å². The van der Waals surface area contributed by atoms with E-state index in [0.29, 0.717) is 18.7 Å². The van der Waals surface area contributed by atoms with E-state index in [1.807, 2.05) is 23.1 Å². The molecule has 158 valence electrons. The Labute approximate surface area is 171 Å². The van der Waals surface area contributed by atoms with Crippen LogP contribution in [0.5, 0.6) is 0 Å². The van der Waals surface area contributed by atoms with Gasteiger partial charge in [-0.2, -0.15) is 0 Å². The molecule has 0 aromatic heterocycles. The van der Waals surface area contributed by atoms with E-state index in [2.05, 4.69) is 10.1 Å². The van der Waals surface area contributed by atoms with Crippen LogP contribution in [-0.2, 0) is 19.1 Å². The van der Waals surface area contributed by atoms with Gasteiger partial charge in [0.15, 0.2) is 0 Å². The number of carbonyl (C=O) groups is 3. The molecule has 1 saturated carbocycles. The molecule has 3 rings (SSSR count). The van der Waals surface area contributed by atoms with Gasteiger partial charge in [-0.05, 0) is 24.5 Å². The molecule has 1 atom stereocenters. The predicted molar refractivity (Wildman–Crippen MR) is 108 cm³/mol. The van der Waals surface area contributed by atoms with E-state index in [4.69, 9.17) is 4.74 Å². The minimum Gasteiger partial charge on any atom is -0.469 e. The maximum atomic E-state index is 13.4. The van der Waals surface area contributed by atoms with Crippen LogP contribution in [0.15, 0.2) is 24.3 Å². The van der Waals surface area contributed by atoms with Crippen molar-refractivity contribution in [2.75, 3.05) is 33.9 Å². The van der Waals surface area contributed by atoms with Crippen molar-refractivity contribution in [3.05, 3.63) is 35.4 Å². The fourth-order valence-corrected chi connectivity index (χ4v) is 4.84. The number of rotatable bonds is 7. The number of amides is 2. The summed E-state index contributed by atoms with van der Waals surface area (Å²) in [5, 5.41) is 2.91. The molecule has 1 aliphatic heterocycles. The van der Waals surface area contributed by atoms with Crippen LogP contribution in [0.4, 0.5) is 0 Å². The van der Waals surface area contributed by atoms with Crippen molar-refractivity contribution in [2.45, 2.75) is 50.0 Å². The van der Waals surface area contributed by atoms with E-state index in [1.165, 1.54) is 7.11 Å². The van der Waals surface area contributed by atoms with Crippen molar-refractivity contribution >= 4 is 17.8 Å². The maximum Gasteiger partial charge on any atom is 0.307 e. The summed E-state index contributed by atoms with van der Waals surface area (Å²) in [6.07, 6.45) is 4.75. The predicted octanol–water partition coefficient (Wildman–Crippen LogP) is 2.25. The number of carbonyl (C=O) groups excluding carboxylic acids is 3. The third-order valence-electron chi connectivity index (χ3n) is 6.18. The van der Waals surface area contributed by atoms with Crippen molar-refractivity contribution in [3.8, 4) is 0 Å². The highest BCUT2D eigenvalue weighted by molar-refractivity contribution is 6.02. The number of nitrogens with zero attached hydrogens (tertiary/aromatic N) is 1. The van der Waals surface area contributed by atoms with Crippen LogP contribution in [0, 0.1) is 0 Å². The fourth-order valence-electron chi connectivity index (χ4n) is 4.84. The van der Waals surface area contributed by atoms with Crippen molar-refractivity contribution in [1.29, 1.82) is 0 Å². The highest BCUT2D eigenvalue weighted by atomic mass is 16.5. The second-order valence-electron chi connectivity index (χ2n) is 7.75. The molecule has 2 aliphatic rings. The number of nitrogens with one attached hydrogen (secondary N) is 1. The van der Waals surface area contributed by atoms with Gasteiger partial charge in [0, 0.05) is 25.8 Å². The van der Waals surface area contributed by atoms with Crippen LogP contribution in [0.3, 0.4) is 0 Å². The molecule has 1 aliphatic carbocycles. The van der Waals surface area contributed by atoms with Crippen LogP contribution in [0.2, 0.25) is 0 Å². The van der Waals surface area contributed by atoms with E-state index in [0.717, 1.165) is 37.7 Å². The fraction of sp³-hybridized carbons (Fsp3) is 0.591. The highest BCUT2D eigenvalue weighted by Gasteiger charge is 2.54. The molecular formula is C22H30N2O5. The third-order valence-corrected chi connectivity index (χ3v) is 6.18. The minimum absolute atomic E-state index is 0.0295. The zero-order valence-corrected chi connectivity index (χ0v) is 17.2. The van der Waals surface area contributed by atoms with Gasteiger partial charge in [0.2, 0.25) is 5.91 Å². The molecule has 1 N–H and O–H groups in total. The second-order valence-corrected chi connectivity index (χ2v) is 7.75. The Morgan fingerprint density at radius 2 is 1.90 bits per heavy atom. The van der Waals surface area contributed by atoms with Crippen LogP contribution in [-0.4, -0.2) is 62.1 Å². The molecular weight excluding hydrogens is 372 g/mol. The topological polar surface area (TPSA) is 84.9 Å². The smallest absolute Gasteiger partial charge is 0.307 e. The Balaban J connectivity index is 1.98. The summed E-state index contributed by atoms with van der Waals surface area (Å²) >= 11 is 0. The Kier molecular flexibility index (Phi) is 6.90. The summed E-state index contributed by atoms with van der Waals surface area (Å²) in [6, 6.07) is 7.39. The van der Waals surface area contributed by atoms with Crippen molar-refractivity contribution < 1.29 is 23.9 Å². The Bertz CT molecular complexity index is 757. The normalized spacial score (nSPS) is 20.3. The number of hydrogen-bond acceptors (Lipinski definition) is 5. The summed E-state index contributed by atoms with van der Waals surface area (Å²) in [7, 11) is 2.95. The molecule has 0 saturated heterocycles. The van der Waals surface area contributed by atoms with E-state index >= 15 is 0 Å². The first-order chi connectivity index (χ1) is 14.0. The van der Waals surface area contributed by atoms with Gasteiger partial charge in [0.25, 0.3) is 5.91 Å². The first kappa shape index (κ1) is 21.3. The first-order valence-corrected chi connectivity index (χ1v) is 10.3. The van der Waals surface area contributed by atoms with E-state index in [1.54, 1.807) is 13.2 Å². The Morgan fingerprint density at radius 1 is 1.17 bits per heavy atom. The van der Waals surface area contributed by atoms with Crippen LogP contribution >= 0.6 is 0 Å². The summed E-state index contributed by atoms with van der Waals surface area (Å²) < 4.78 is 9.93. The quantitative estimate of drug-likeness (QED) is 0.707. The molecule has 1 aromatic carbocycles. The molecule has 1 unspecified atom stereocenters. The lowest BCUT2D eigenvalue weighted by Gasteiger charge is -2.53. The maximum absolute atomic E-state index is 13.4. The van der Waals surface area contributed by atoms with Crippen molar-refractivity contribution in [1.82, 2.24) is 10.2 Å². The van der Waals surface area contributed by atoms with Crippen molar-refractivity contribution in [2.24, 2.45) is 0 Å². The molecule has 1 spiro atoms. The molecule has 1 heterocycles. The number of esters is 1. The second kappa shape index (κ2) is 9.39. The molecule has 0 bridgehead atoms. The molecule has 0 radical (unpaired) electrons. The minimum atomic E-state index is -0.558. The van der Waals surface area contributed by atoms with Gasteiger partial charge in [-0.3, -0.25) is 14.4 Å². The number of benzene rings is 1. The number of ether oxygens (including phenoxy) is 2. The highest BCUT2D eigenvalue weighted by Crippen LogP contribution is 2.49. The van der Waals surface area contributed by atoms with Gasteiger partial charge in [-0.1, -0.05) is 37.5 Å². The first-order valence-electron chi connectivity index (χ1n) is 10.3. The van der Waals surface area contributed by atoms with Gasteiger partial charge >= 0.3 is 5.97 Å². The number of fused-ring (bicyclic) bond motifs is 1. The van der Waals surface area contributed by atoms with Gasteiger partial charge in [-0.25, -0.2) is 0 Å². The summed E-state index contributed by atoms with van der Waals surface area (Å²) in [6.45, 7) is 1.09. The average molecular weight is 402 g/mol. The molecule has 2 amide bonds. The van der Waals surface area contributed by atoms with Crippen LogP contribution in [0.1, 0.15) is 60.4 Å². The van der Waals surface area contributed by atoms with Gasteiger partial charge < -0.3 is 19.7 Å². The lowest BCUT2D eigenvalue weighted by Crippen LogP contribution is -2.63. The monoisotopic (exact) mass is 402 g/mol. The Morgan fingerprint density at radius 3 is 2.59 bits per heavy atom. The number of methoxy groups -OCH3 is 2. The lowest BCUT2D eigenvalue weighted by atomic mass is 9.65. The van der Waals surface area contributed by atoms with Gasteiger partial charge in [0.05, 0.1) is 31.6 Å². The third kappa shape index (κ3) is 4.15.